The first-order valence-corrected chi connectivity index (χ1v) is 41.6. The summed E-state index contributed by atoms with van der Waals surface area (Å²) in [5.74, 6) is 2.40. The Morgan fingerprint density at radius 1 is 0.453 bits per heavy atom. The van der Waals surface area contributed by atoms with Crippen LogP contribution in [-0.2, 0) is 56.1 Å². The highest BCUT2D eigenvalue weighted by molar-refractivity contribution is 7.98. The van der Waals surface area contributed by atoms with Crippen molar-refractivity contribution in [3.8, 4) is 29.1 Å². The lowest BCUT2D eigenvalue weighted by Crippen LogP contribution is -2.36. The molecule has 3 atom stereocenters. The van der Waals surface area contributed by atoms with E-state index in [-0.39, 0.29) is 60.7 Å². The predicted octanol–water partition coefficient (Wildman–Crippen LogP) is 21.3. The number of aromatic carboxylic acids is 1. The average Bonchev–Trinajstić information content (AvgIpc) is 0.742. The van der Waals surface area contributed by atoms with Gasteiger partial charge < -0.3 is 59.5 Å². The lowest BCUT2D eigenvalue weighted by atomic mass is 9.62. The number of aromatic hydroxyl groups is 2. The zero-order chi connectivity index (χ0) is 84.8. The normalized spacial score (nSPS) is 16.6. The molecule has 0 amide bonds. The fourth-order valence-electron chi connectivity index (χ4n) is 16.9. The third kappa shape index (κ3) is 19.0. The molecule has 0 saturated heterocycles. The number of aliphatic hydroxyl groups is 2. The summed E-state index contributed by atoms with van der Waals surface area (Å²) in [7, 11) is 16.3. The van der Waals surface area contributed by atoms with Gasteiger partial charge in [-0.3, -0.25) is 0 Å². The van der Waals surface area contributed by atoms with Crippen molar-refractivity contribution in [1.82, 2.24) is 0 Å². The summed E-state index contributed by atoms with van der Waals surface area (Å²) in [6.45, 7) is 28.5. The molecule has 3 unspecified atom stereocenters. The molecular weight excluding hydrogens is 1480 g/mol. The Morgan fingerprint density at radius 3 is 1.37 bits per heavy atom. The second-order valence-corrected chi connectivity index (χ2v) is 38.0. The molecule has 15 nitrogen and oxygen atoms in total. The summed E-state index contributed by atoms with van der Waals surface area (Å²) in [5.41, 5.74) is 17.5. The number of rotatable bonds is 24. The number of fused-ring (bicyclic) bond motifs is 3. The molecule has 117 heavy (non-hydrogen) atoms. The summed E-state index contributed by atoms with van der Waals surface area (Å²) in [6, 6.07) is 51.3. The average molecular weight is 1590 g/mol. The number of benzene rings is 9. The third-order valence-corrected chi connectivity index (χ3v) is 25.7. The van der Waals surface area contributed by atoms with Gasteiger partial charge in [0.2, 0.25) is 0 Å². The number of phenolic OH excluding ortho intramolecular Hbond substituents is 2. The van der Waals surface area contributed by atoms with Gasteiger partial charge in [-0.15, -0.1) is 11.8 Å². The van der Waals surface area contributed by atoms with Gasteiger partial charge in [0.25, 0.3) is 0 Å². The molecule has 0 heterocycles. The molecule has 9 aromatic carbocycles. The zero-order valence-corrected chi connectivity index (χ0v) is 72.7. The molecule has 16 heteroatoms. The number of nitrogens with zero attached hydrogens (tertiary/aromatic N) is 5. The van der Waals surface area contributed by atoms with Crippen molar-refractivity contribution < 1.29 is 49.4 Å². The molecule has 0 saturated carbocycles. The number of carboxylic acids is 1. The molecular formula is C101H117N5O10S. The van der Waals surface area contributed by atoms with Crippen LogP contribution in [0.5, 0.6) is 17.2 Å². The molecule has 9 aromatic rings. The van der Waals surface area contributed by atoms with Crippen molar-refractivity contribution in [2.75, 3.05) is 80.9 Å². The molecule has 3 aliphatic rings. The maximum atomic E-state index is 15.0. The van der Waals surface area contributed by atoms with Gasteiger partial charge in [-0.2, -0.15) is 0 Å². The third-order valence-electron chi connectivity index (χ3n) is 24.6. The van der Waals surface area contributed by atoms with Gasteiger partial charge in [0.1, 0.15) is 46.1 Å². The minimum atomic E-state index is -1.37. The highest BCUT2D eigenvalue weighted by Crippen LogP contribution is 2.55. The molecule has 0 aromatic heterocycles. The number of esters is 2. The fourth-order valence-corrected chi connectivity index (χ4v) is 18.2. The van der Waals surface area contributed by atoms with E-state index in [2.05, 4.69) is 237 Å². The Morgan fingerprint density at radius 2 is 0.872 bits per heavy atom. The van der Waals surface area contributed by atoms with Crippen LogP contribution in [0.25, 0.3) is 12.2 Å². The van der Waals surface area contributed by atoms with Crippen LogP contribution < -0.4 is 29.2 Å². The van der Waals surface area contributed by atoms with E-state index in [9.17, 15) is 35.1 Å². The van der Waals surface area contributed by atoms with E-state index in [1.54, 1.807) is 48.2 Å². The molecule has 3 aliphatic carbocycles. The van der Waals surface area contributed by atoms with E-state index in [1.165, 1.54) is 70.3 Å². The van der Waals surface area contributed by atoms with Crippen LogP contribution in [-0.4, -0.2) is 99.8 Å². The number of carboxylic acid groups (broad SMARTS) is 1. The Hall–Kier alpha value is -10.7. The standard InChI is InChI=1S/C101H117N5O10S/c1-96(2)45-48-99(7,8)90-78(96)54-69(57-81(90)105(19)60-66-21-33-72(34-22-66)102(13)14)83(107)42-30-63-28-40-76(86(110)52-63)95(114)116-88-53-65(29-41-77(88)93(111)112)32-44-87(71-56-79-91(100(9,10)49-46-97(79,3)4)82(58-71)106(20)61-67-23-35-73(36-24-67)103(15)16)115-94(113)75-39-27-64(51-85(75)109)31-43-84(108)70-55-80-92(101(11,12)50-47-98(80,5)6)89(59-70)117-62-68-25-37-74(38-26-68)104(17)18/h21-29,31-41,43-44,51-59,83-84,87,107-110H,45-50,60-62H2,1-20H3,(H,111,112). The van der Waals surface area contributed by atoms with Crippen molar-refractivity contribution in [1.29, 1.82) is 0 Å². The predicted molar refractivity (Wildman–Crippen MR) is 479 cm³/mol. The van der Waals surface area contributed by atoms with E-state index in [0.717, 1.165) is 105 Å². The Kier molecular flexibility index (Phi) is 24.7. The maximum absolute atomic E-state index is 15.0. The first-order valence-electron chi connectivity index (χ1n) is 40.6. The monoisotopic (exact) mass is 1590 g/mol. The van der Waals surface area contributed by atoms with E-state index in [1.807, 2.05) is 48.4 Å². The Labute approximate surface area is 697 Å². The van der Waals surface area contributed by atoms with Crippen LogP contribution in [0.3, 0.4) is 0 Å². The summed E-state index contributed by atoms with van der Waals surface area (Å²) in [6.07, 6.45) is 9.27. The summed E-state index contributed by atoms with van der Waals surface area (Å²) < 4.78 is 12.5. The number of ether oxygens (including phenoxy) is 2. The number of thioether (sulfide) groups is 1. The lowest BCUT2D eigenvalue weighted by molar-refractivity contribution is 0.0388. The van der Waals surface area contributed by atoms with Gasteiger partial charge >= 0.3 is 17.9 Å². The molecule has 0 radical (unpaired) electrons. The molecule has 12 rings (SSSR count). The van der Waals surface area contributed by atoms with Crippen molar-refractivity contribution in [2.45, 2.75) is 196 Å². The van der Waals surface area contributed by atoms with E-state index in [0.29, 0.717) is 40.9 Å². The summed E-state index contributed by atoms with van der Waals surface area (Å²) >= 11 is 1.79. The number of hydrogen-bond donors (Lipinski definition) is 5. The van der Waals surface area contributed by atoms with Crippen LogP contribution in [0.1, 0.15) is 254 Å². The van der Waals surface area contributed by atoms with Crippen LogP contribution in [0.15, 0.2) is 181 Å². The summed E-state index contributed by atoms with van der Waals surface area (Å²) in [4.78, 5) is 54.2. The molecule has 612 valence electrons. The molecule has 0 spiro atoms. The van der Waals surface area contributed by atoms with Crippen LogP contribution in [0.2, 0.25) is 0 Å². The van der Waals surface area contributed by atoms with E-state index < -0.39 is 42.0 Å². The molecule has 5 N–H and O–H groups in total. The number of carbonyl (C=O) groups is 3. The molecule has 0 aliphatic heterocycles. The highest BCUT2D eigenvalue weighted by atomic mass is 32.2. The number of carbonyl (C=O) groups excluding carboxylic acids is 2. The fraction of sp³-hybridized carbons (Fsp3) is 0.376. The Balaban J connectivity index is 0.838. The SMILES string of the molecule is CN(C)c1ccc(CSc2cc(C(O)C=Cc3ccc(C(=O)OC(C=Cc4ccc(C(=O)O)c(OC(=O)c5ccc(C#CC(O)c6cc(N(C)Cc7ccc(N(C)C)cc7)c7c(c6)C(C)(C)CCC7(C)C)cc5O)c4)c4cc(N(C)Cc5ccc(N(C)C)cc5)c5c(c4)C(C)(C)CCC5(C)C)c(O)c3)cc3c2C(C)(C)CCC3(C)C)cc1. The minimum absolute atomic E-state index is 0.0762. The van der Waals surface area contributed by atoms with Gasteiger partial charge in [-0.1, -0.05) is 180 Å². The van der Waals surface area contributed by atoms with Crippen LogP contribution >= 0.6 is 11.8 Å². The number of anilines is 5. The number of hydrogen-bond acceptors (Lipinski definition) is 15. The minimum Gasteiger partial charge on any atom is -0.507 e. The van der Waals surface area contributed by atoms with Gasteiger partial charge in [0.05, 0.1) is 6.10 Å². The van der Waals surface area contributed by atoms with E-state index in [4.69, 9.17) is 9.47 Å². The number of aliphatic hydroxyl groups excluding tert-OH is 2. The Bertz CT molecular complexity index is 5370. The number of phenols is 2. The highest BCUT2D eigenvalue weighted by Gasteiger charge is 2.44. The first-order chi connectivity index (χ1) is 55.0. The van der Waals surface area contributed by atoms with Crippen molar-refractivity contribution in [3.05, 3.63) is 276 Å². The van der Waals surface area contributed by atoms with Gasteiger partial charge in [0.15, 0.2) is 0 Å². The largest absolute Gasteiger partial charge is 0.507 e. The van der Waals surface area contributed by atoms with E-state index >= 15 is 4.79 Å². The quantitative estimate of drug-likeness (QED) is 0.0166. The first kappa shape index (κ1) is 85.7. The van der Waals surface area contributed by atoms with Gasteiger partial charge in [-0.25, -0.2) is 14.4 Å². The zero-order valence-electron chi connectivity index (χ0n) is 71.9. The molecule has 0 bridgehead atoms. The second kappa shape index (κ2) is 33.7. The van der Waals surface area contributed by atoms with Crippen molar-refractivity contribution in [3.63, 3.8) is 0 Å². The van der Waals surface area contributed by atoms with Gasteiger partial charge in [-0.05, 0) is 252 Å². The van der Waals surface area contributed by atoms with Gasteiger partial charge in [0, 0.05) is 114 Å². The molecule has 0 fully saturated rings. The smallest absolute Gasteiger partial charge is 0.347 e. The van der Waals surface area contributed by atoms with Crippen LogP contribution in [0.4, 0.5) is 28.4 Å². The summed E-state index contributed by atoms with van der Waals surface area (Å²) in [5, 5.41) is 58.1. The lowest BCUT2D eigenvalue weighted by Gasteiger charge is -2.44. The maximum Gasteiger partial charge on any atom is 0.347 e. The van der Waals surface area contributed by atoms with Crippen molar-refractivity contribution in [2.24, 2.45) is 0 Å². The van der Waals surface area contributed by atoms with Crippen molar-refractivity contribution >= 4 is 70.3 Å². The van der Waals surface area contributed by atoms with Crippen LogP contribution in [0, 0.1) is 11.8 Å². The topological polar surface area (TPSA) is 187 Å². The second-order valence-electron chi connectivity index (χ2n) is 37.0.